The number of aromatic nitrogens is 2. The van der Waals surface area contributed by atoms with E-state index in [4.69, 9.17) is 9.47 Å². The number of methoxy groups -OCH3 is 2. The van der Waals surface area contributed by atoms with E-state index in [2.05, 4.69) is 31.2 Å². The predicted molar refractivity (Wildman–Crippen MR) is 75.1 cm³/mol. The molecular weight excluding hydrogens is 328 g/mol. The first kappa shape index (κ1) is 15.1. The van der Waals surface area contributed by atoms with E-state index in [1.54, 1.807) is 31.5 Å². The van der Waals surface area contributed by atoms with Gasteiger partial charge in [0.2, 0.25) is 0 Å². The molecule has 1 saturated heterocycles. The SMILES string of the molecule is CO[C@H]1CN(C(=O)NCc2ncc(Br)cn2)C[C@H]1OC. The maximum absolute atomic E-state index is 12.0. The van der Waals surface area contributed by atoms with Crippen LogP contribution in [0.25, 0.3) is 0 Å². The average Bonchev–Trinajstić information content (AvgIpc) is 2.89. The van der Waals surface area contributed by atoms with E-state index in [0.29, 0.717) is 18.9 Å². The zero-order valence-corrected chi connectivity index (χ0v) is 13.0. The minimum Gasteiger partial charge on any atom is -0.377 e. The van der Waals surface area contributed by atoms with Gasteiger partial charge in [0, 0.05) is 26.6 Å². The van der Waals surface area contributed by atoms with Crippen molar-refractivity contribution < 1.29 is 14.3 Å². The molecule has 0 spiro atoms. The van der Waals surface area contributed by atoms with E-state index in [1.807, 2.05) is 0 Å². The number of rotatable bonds is 4. The van der Waals surface area contributed by atoms with Crippen LogP contribution < -0.4 is 5.32 Å². The van der Waals surface area contributed by atoms with Gasteiger partial charge in [0.15, 0.2) is 0 Å². The summed E-state index contributed by atoms with van der Waals surface area (Å²) < 4.78 is 11.4. The zero-order valence-electron chi connectivity index (χ0n) is 11.4. The Balaban J connectivity index is 1.85. The second-order valence-electron chi connectivity index (χ2n) is 4.43. The standard InChI is InChI=1S/C12H17BrN4O3/c1-19-9-6-17(7-10(9)20-2)12(18)16-5-11-14-3-8(13)4-15-11/h3-4,9-10H,5-7H2,1-2H3,(H,16,18)/t9-,10+. The Morgan fingerprint density at radius 2 is 1.90 bits per heavy atom. The summed E-state index contributed by atoms with van der Waals surface area (Å²) in [7, 11) is 3.24. The van der Waals surface area contributed by atoms with Crippen LogP contribution in [0, 0.1) is 0 Å². The fourth-order valence-corrected chi connectivity index (χ4v) is 2.26. The Bertz CT molecular complexity index is 445. The van der Waals surface area contributed by atoms with Gasteiger partial charge in [-0.2, -0.15) is 0 Å². The number of nitrogens with one attached hydrogen (secondary N) is 1. The van der Waals surface area contributed by atoms with Crippen LogP contribution in [0.1, 0.15) is 5.82 Å². The molecule has 20 heavy (non-hydrogen) atoms. The van der Waals surface area contributed by atoms with Gasteiger partial charge in [0.1, 0.15) is 18.0 Å². The van der Waals surface area contributed by atoms with Crippen molar-refractivity contribution in [1.29, 1.82) is 0 Å². The Labute approximate surface area is 125 Å². The van der Waals surface area contributed by atoms with Crippen molar-refractivity contribution in [2.24, 2.45) is 0 Å². The topological polar surface area (TPSA) is 76.6 Å². The molecule has 0 saturated carbocycles. The van der Waals surface area contributed by atoms with Gasteiger partial charge < -0.3 is 19.7 Å². The minimum absolute atomic E-state index is 0.0883. The number of carbonyl (C=O) groups is 1. The van der Waals surface area contributed by atoms with E-state index in [9.17, 15) is 4.79 Å². The molecule has 7 nitrogen and oxygen atoms in total. The molecule has 2 rings (SSSR count). The van der Waals surface area contributed by atoms with Gasteiger partial charge in [-0.05, 0) is 15.9 Å². The monoisotopic (exact) mass is 344 g/mol. The Morgan fingerprint density at radius 1 is 1.35 bits per heavy atom. The predicted octanol–water partition coefficient (Wildman–Crippen LogP) is 0.794. The molecule has 1 fully saturated rings. The normalized spacial score (nSPS) is 22.1. The van der Waals surface area contributed by atoms with Crippen LogP contribution in [0.15, 0.2) is 16.9 Å². The van der Waals surface area contributed by atoms with E-state index >= 15 is 0 Å². The molecule has 1 aromatic heterocycles. The first-order valence-electron chi connectivity index (χ1n) is 6.18. The highest BCUT2D eigenvalue weighted by Crippen LogP contribution is 2.15. The minimum atomic E-state index is -0.168. The number of hydrogen-bond donors (Lipinski definition) is 1. The van der Waals surface area contributed by atoms with E-state index in [-0.39, 0.29) is 24.8 Å². The van der Waals surface area contributed by atoms with Crippen molar-refractivity contribution in [3.63, 3.8) is 0 Å². The summed E-state index contributed by atoms with van der Waals surface area (Å²) in [5.74, 6) is 0.562. The number of likely N-dealkylation sites (tertiary alicyclic amines) is 1. The number of ether oxygens (including phenoxy) is 2. The Kier molecular flexibility index (Phi) is 5.27. The van der Waals surface area contributed by atoms with Gasteiger partial charge in [-0.3, -0.25) is 0 Å². The lowest BCUT2D eigenvalue weighted by atomic mass is 10.3. The summed E-state index contributed by atoms with van der Waals surface area (Å²) in [5, 5.41) is 2.79. The van der Waals surface area contributed by atoms with E-state index < -0.39 is 0 Å². The largest absolute Gasteiger partial charge is 0.377 e. The van der Waals surface area contributed by atoms with Crippen LogP contribution >= 0.6 is 15.9 Å². The summed E-state index contributed by atoms with van der Waals surface area (Å²) in [5.41, 5.74) is 0. The quantitative estimate of drug-likeness (QED) is 0.873. The zero-order chi connectivity index (χ0) is 14.5. The molecule has 0 unspecified atom stereocenters. The maximum atomic E-state index is 12.0. The lowest BCUT2D eigenvalue weighted by Gasteiger charge is -2.16. The number of halogens is 1. The number of nitrogens with zero attached hydrogens (tertiary/aromatic N) is 3. The molecule has 0 bridgehead atoms. The van der Waals surface area contributed by atoms with E-state index in [1.165, 1.54) is 0 Å². The summed E-state index contributed by atoms with van der Waals surface area (Å²) in [6.07, 6.45) is 3.11. The highest BCUT2D eigenvalue weighted by Gasteiger charge is 2.35. The third-order valence-electron chi connectivity index (χ3n) is 3.18. The van der Waals surface area contributed by atoms with Gasteiger partial charge in [0.25, 0.3) is 0 Å². The number of urea groups is 1. The lowest BCUT2D eigenvalue weighted by Crippen LogP contribution is -2.39. The van der Waals surface area contributed by atoms with Gasteiger partial charge in [0.05, 0.1) is 24.1 Å². The third-order valence-corrected chi connectivity index (χ3v) is 3.59. The molecule has 1 aliphatic heterocycles. The van der Waals surface area contributed by atoms with Crippen LogP contribution in [0.4, 0.5) is 4.79 Å². The molecule has 1 aromatic rings. The summed E-state index contributed by atoms with van der Waals surface area (Å²) in [4.78, 5) is 21.9. The smallest absolute Gasteiger partial charge is 0.317 e. The van der Waals surface area contributed by atoms with Crippen LogP contribution in [-0.4, -0.2) is 60.4 Å². The lowest BCUT2D eigenvalue weighted by molar-refractivity contribution is -0.00461. The molecular formula is C12H17BrN4O3. The van der Waals surface area contributed by atoms with Crippen molar-refractivity contribution >= 4 is 22.0 Å². The second kappa shape index (κ2) is 6.96. The molecule has 1 N–H and O–H groups in total. The molecule has 0 aromatic carbocycles. The Hall–Kier alpha value is -1.25. The van der Waals surface area contributed by atoms with E-state index in [0.717, 1.165) is 4.47 Å². The summed E-state index contributed by atoms with van der Waals surface area (Å²) in [6.45, 7) is 1.32. The molecule has 0 radical (unpaired) electrons. The fourth-order valence-electron chi connectivity index (χ4n) is 2.06. The first-order valence-corrected chi connectivity index (χ1v) is 6.98. The van der Waals surface area contributed by atoms with Crippen molar-refractivity contribution in [3.8, 4) is 0 Å². The van der Waals surface area contributed by atoms with Crippen LogP contribution in [0.5, 0.6) is 0 Å². The second-order valence-corrected chi connectivity index (χ2v) is 5.35. The van der Waals surface area contributed by atoms with Gasteiger partial charge >= 0.3 is 6.03 Å². The molecule has 8 heteroatoms. The van der Waals surface area contributed by atoms with Crippen molar-refractivity contribution in [2.45, 2.75) is 18.8 Å². The molecule has 0 aliphatic carbocycles. The maximum Gasteiger partial charge on any atom is 0.317 e. The molecule has 1 aliphatic rings. The Morgan fingerprint density at radius 3 is 2.40 bits per heavy atom. The number of carbonyl (C=O) groups excluding carboxylic acids is 1. The number of amides is 2. The molecule has 2 heterocycles. The van der Waals surface area contributed by atoms with Crippen molar-refractivity contribution in [3.05, 3.63) is 22.7 Å². The van der Waals surface area contributed by atoms with Crippen molar-refractivity contribution in [1.82, 2.24) is 20.2 Å². The van der Waals surface area contributed by atoms with Crippen LogP contribution in [0.3, 0.4) is 0 Å². The van der Waals surface area contributed by atoms with Crippen LogP contribution in [-0.2, 0) is 16.0 Å². The molecule has 2 amide bonds. The summed E-state index contributed by atoms with van der Waals surface area (Å²) >= 11 is 3.26. The molecule has 2 atom stereocenters. The third kappa shape index (κ3) is 3.65. The average molecular weight is 345 g/mol. The van der Waals surface area contributed by atoms with Gasteiger partial charge in [-0.25, -0.2) is 14.8 Å². The van der Waals surface area contributed by atoms with Crippen LogP contribution in [0.2, 0.25) is 0 Å². The van der Waals surface area contributed by atoms with Gasteiger partial charge in [-0.15, -0.1) is 0 Å². The number of hydrogen-bond acceptors (Lipinski definition) is 5. The highest BCUT2D eigenvalue weighted by molar-refractivity contribution is 9.10. The molecule has 110 valence electrons. The van der Waals surface area contributed by atoms with Crippen molar-refractivity contribution in [2.75, 3.05) is 27.3 Å². The van der Waals surface area contributed by atoms with Gasteiger partial charge in [-0.1, -0.05) is 0 Å². The first-order chi connectivity index (χ1) is 9.63. The summed E-state index contributed by atoms with van der Waals surface area (Å²) in [6, 6.07) is -0.168. The highest BCUT2D eigenvalue weighted by atomic mass is 79.9. The fraction of sp³-hybridized carbons (Fsp3) is 0.583.